The fourth-order valence-electron chi connectivity index (χ4n) is 1.70. The molecule has 0 aliphatic carbocycles. The lowest BCUT2D eigenvalue weighted by molar-refractivity contribution is 0.196. The molecule has 0 fully saturated rings. The zero-order valence-electron chi connectivity index (χ0n) is 10.6. The first-order chi connectivity index (χ1) is 9.02. The lowest BCUT2D eigenvalue weighted by atomic mass is 10.1. The molecule has 19 heavy (non-hydrogen) atoms. The normalized spacial score (nSPS) is 12.6. The number of nitrogens with zero attached hydrogens (tertiary/aromatic N) is 2. The minimum Gasteiger partial charge on any atom is -0.389 e. The van der Waals surface area contributed by atoms with Crippen LogP contribution in [0.15, 0.2) is 33.0 Å². The molecule has 0 aliphatic rings. The molecule has 0 radical (unpaired) electrons. The van der Waals surface area contributed by atoms with Crippen LogP contribution in [-0.4, -0.2) is 19.9 Å². The predicted octanol–water partition coefficient (Wildman–Crippen LogP) is 1.93. The van der Waals surface area contributed by atoms with Gasteiger partial charge >= 0.3 is 5.69 Å². The highest BCUT2D eigenvalue weighted by Gasteiger charge is 2.14. The van der Waals surface area contributed by atoms with Crippen molar-refractivity contribution in [2.24, 2.45) is 0 Å². The first-order valence-electron chi connectivity index (χ1n) is 5.83. The Morgan fingerprint density at radius 1 is 1.58 bits per heavy atom. The third-order valence-electron chi connectivity index (χ3n) is 2.66. The van der Waals surface area contributed by atoms with E-state index in [0.29, 0.717) is 22.2 Å². The van der Waals surface area contributed by atoms with Gasteiger partial charge in [0.05, 0.1) is 6.10 Å². The molecule has 5 nitrogen and oxygen atoms in total. The van der Waals surface area contributed by atoms with E-state index in [9.17, 15) is 14.3 Å². The van der Waals surface area contributed by atoms with E-state index in [0.717, 1.165) is 0 Å². The van der Waals surface area contributed by atoms with E-state index in [1.807, 2.05) is 6.92 Å². The molecular weight excluding hydrogens is 269 g/mol. The molecule has 2 aromatic rings. The van der Waals surface area contributed by atoms with Crippen molar-refractivity contribution in [3.8, 4) is 0 Å². The second kappa shape index (κ2) is 5.58. The first kappa shape index (κ1) is 13.8. The molecular formula is C12H14FN3O2S. The Hall–Kier alpha value is -1.60. The van der Waals surface area contributed by atoms with Crippen molar-refractivity contribution < 1.29 is 9.50 Å². The van der Waals surface area contributed by atoms with E-state index < -0.39 is 11.9 Å². The van der Waals surface area contributed by atoms with Crippen LogP contribution in [0.3, 0.4) is 0 Å². The molecule has 0 saturated heterocycles. The molecule has 2 rings (SSSR count). The van der Waals surface area contributed by atoms with Crippen molar-refractivity contribution in [2.45, 2.75) is 36.5 Å². The van der Waals surface area contributed by atoms with Gasteiger partial charge in [0.15, 0.2) is 5.16 Å². The molecule has 0 bridgehead atoms. The molecule has 1 aromatic heterocycles. The fourth-order valence-corrected chi connectivity index (χ4v) is 2.79. The number of hydrogen-bond acceptors (Lipinski definition) is 4. The van der Waals surface area contributed by atoms with Crippen LogP contribution in [0.25, 0.3) is 0 Å². The Labute approximate surface area is 113 Å². The minimum atomic E-state index is -0.793. The van der Waals surface area contributed by atoms with Gasteiger partial charge in [-0.2, -0.15) is 0 Å². The summed E-state index contributed by atoms with van der Waals surface area (Å²) in [4.78, 5) is 12.1. The second-order valence-electron chi connectivity index (χ2n) is 4.02. The number of hydrogen-bond donors (Lipinski definition) is 2. The maximum atomic E-state index is 13.2. The Balaban J connectivity index is 2.40. The molecule has 1 aromatic carbocycles. The third-order valence-corrected chi connectivity index (χ3v) is 3.75. The lowest BCUT2D eigenvalue weighted by Gasteiger charge is -2.11. The summed E-state index contributed by atoms with van der Waals surface area (Å²) in [5, 5.41) is 16.4. The van der Waals surface area contributed by atoms with E-state index in [-0.39, 0.29) is 5.69 Å². The number of H-pyrrole nitrogens is 1. The summed E-state index contributed by atoms with van der Waals surface area (Å²) in [6.45, 7) is 3.89. The molecule has 7 heteroatoms. The maximum absolute atomic E-state index is 13.2. The topological polar surface area (TPSA) is 70.9 Å². The van der Waals surface area contributed by atoms with Gasteiger partial charge in [-0.25, -0.2) is 14.3 Å². The predicted molar refractivity (Wildman–Crippen MR) is 69.7 cm³/mol. The highest BCUT2D eigenvalue weighted by Crippen LogP contribution is 2.32. The van der Waals surface area contributed by atoms with Crippen LogP contribution in [0.4, 0.5) is 4.39 Å². The molecule has 0 saturated carbocycles. The van der Waals surface area contributed by atoms with Crippen LogP contribution in [-0.2, 0) is 6.54 Å². The van der Waals surface area contributed by atoms with Crippen LogP contribution in [0.5, 0.6) is 0 Å². The number of aromatic nitrogens is 3. The van der Waals surface area contributed by atoms with Crippen molar-refractivity contribution in [1.82, 2.24) is 14.8 Å². The Morgan fingerprint density at radius 2 is 2.32 bits per heavy atom. The van der Waals surface area contributed by atoms with Gasteiger partial charge in [0.1, 0.15) is 5.82 Å². The van der Waals surface area contributed by atoms with Crippen molar-refractivity contribution in [2.75, 3.05) is 0 Å². The minimum absolute atomic E-state index is 0.286. The molecule has 0 aliphatic heterocycles. The van der Waals surface area contributed by atoms with Gasteiger partial charge in [-0.05, 0) is 49.4 Å². The van der Waals surface area contributed by atoms with Crippen molar-refractivity contribution >= 4 is 11.8 Å². The van der Waals surface area contributed by atoms with Crippen LogP contribution in [0.1, 0.15) is 25.5 Å². The molecule has 0 unspecified atom stereocenters. The number of aliphatic hydroxyl groups excluding tert-OH is 1. The average Bonchev–Trinajstić information content (AvgIpc) is 2.71. The van der Waals surface area contributed by atoms with E-state index in [1.54, 1.807) is 13.0 Å². The summed E-state index contributed by atoms with van der Waals surface area (Å²) in [7, 11) is 0. The highest BCUT2D eigenvalue weighted by molar-refractivity contribution is 7.99. The third kappa shape index (κ3) is 2.87. The lowest BCUT2D eigenvalue weighted by Crippen LogP contribution is -2.16. The molecule has 1 atom stereocenters. The zero-order valence-corrected chi connectivity index (χ0v) is 11.4. The summed E-state index contributed by atoms with van der Waals surface area (Å²) in [5.41, 5.74) is 0.189. The van der Waals surface area contributed by atoms with Crippen LogP contribution >= 0.6 is 11.8 Å². The summed E-state index contributed by atoms with van der Waals surface area (Å²) in [6, 6.07) is 4.17. The summed E-state index contributed by atoms with van der Waals surface area (Å²) >= 11 is 1.22. The van der Waals surface area contributed by atoms with Gasteiger partial charge in [0.25, 0.3) is 0 Å². The molecule has 102 valence electrons. The average molecular weight is 283 g/mol. The van der Waals surface area contributed by atoms with Crippen molar-refractivity contribution in [3.05, 3.63) is 40.1 Å². The number of aromatic amines is 1. The SMILES string of the molecule is CCn1c(Sc2ccc(F)cc2[C@@H](C)O)n[nH]c1=O. The molecule has 2 N–H and O–H groups in total. The zero-order chi connectivity index (χ0) is 14.0. The maximum Gasteiger partial charge on any atom is 0.343 e. The Morgan fingerprint density at radius 3 is 2.95 bits per heavy atom. The van der Waals surface area contributed by atoms with Gasteiger partial charge in [0, 0.05) is 11.4 Å². The van der Waals surface area contributed by atoms with E-state index in [2.05, 4.69) is 10.2 Å². The quantitative estimate of drug-likeness (QED) is 0.899. The number of rotatable bonds is 4. The number of benzene rings is 1. The number of aliphatic hydroxyl groups is 1. The monoisotopic (exact) mass is 283 g/mol. The Kier molecular flexibility index (Phi) is 4.06. The van der Waals surface area contributed by atoms with E-state index >= 15 is 0 Å². The van der Waals surface area contributed by atoms with Crippen molar-refractivity contribution in [3.63, 3.8) is 0 Å². The standard InChI is InChI=1S/C12H14FN3O2S/c1-3-16-11(18)14-15-12(16)19-10-5-4-8(13)6-9(10)7(2)17/h4-7,17H,3H2,1-2H3,(H,14,18)/t7-/m1/s1. The van der Waals surface area contributed by atoms with Gasteiger partial charge in [0.2, 0.25) is 0 Å². The number of nitrogens with one attached hydrogen (secondary N) is 1. The van der Waals surface area contributed by atoms with Crippen LogP contribution in [0.2, 0.25) is 0 Å². The fraction of sp³-hybridized carbons (Fsp3) is 0.333. The van der Waals surface area contributed by atoms with Gasteiger partial charge < -0.3 is 5.11 Å². The first-order valence-corrected chi connectivity index (χ1v) is 6.65. The smallest absolute Gasteiger partial charge is 0.343 e. The summed E-state index contributed by atoms with van der Waals surface area (Å²) in [6.07, 6.45) is -0.793. The second-order valence-corrected chi connectivity index (χ2v) is 5.02. The van der Waals surface area contributed by atoms with E-state index in [1.165, 1.54) is 28.5 Å². The molecule has 0 amide bonds. The van der Waals surface area contributed by atoms with Crippen molar-refractivity contribution in [1.29, 1.82) is 0 Å². The summed E-state index contributed by atoms with van der Waals surface area (Å²) < 4.78 is 14.7. The summed E-state index contributed by atoms with van der Waals surface area (Å²) in [5.74, 6) is -0.407. The van der Waals surface area contributed by atoms with Gasteiger partial charge in [-0.15, -0.1) is 5.10 Å². The van der Waals surface area contributed by atoms with Gasteiger partial charge in [-0.1, -0.05) is 0 Å². The van der Waals surface area contributed by atoms with Crippen LogP contribution in [0, 0.1) is 5.82 Å². The highest BCUT2D eigenvalue weighted by atomic mass is 32.2. The molecule has 1 heterocycles. The Bertz CT molecular complexity index is 636. The van der Waals surface area contributed by atoms with Crippen LogP contribution < -0.4 is 5.69 Å². The largest absolute Gasteiger partial charge is 0.389 e. The molecule has 0 spiro atoms. The van der Waals surface area contributed by atoms with Gasteiger partial charge in [-0.3, -0.25) is 4.57 Å². The van der Waals surface area contributed by atoms with E-state index in [4.69, 9.17) is 0 Å². The number of halogens is 1.